The van der Waals surface area contributed by atoms with Crippen molar-refractivity contribution in [1.29, 1.82) is 0 Å². The largest absolute Gasteiger partial charge is 0.459 e. The summed E-state index contributed by atoms with van der Waals surface area (Å²) in [6, 6.07) is 13.5. The Bertz CT molecular complexity index is 962. The molecule has 0 fully saturated rings. The van der Waals surface area contributed by atoms with Crippen molar-refractivity contribution in [2.24, 2.45) is 0 Å². The van der Waals surface area contributed by atoms with Gasteiger partial charge < -0.3 is 14.6 Å². The standard InChI is InChI=1S/C21H23N3O3S/c1-4-24(13-16-8-6-5-7-9-16)18(25)12-22-20(26)19-15(3)23-21(28-19)17-11-10-14(2)27-17/h5-11H,4,12-13H2,1-3H3,(H,22,26). The normalized spacial score (nSPS) is 10.7. The molecule has 28 heavy (non-hydrogen) atoms. The fraction of sp³-hybridized carbons (Fsp3) is 0.286. The number of aryl methyl sites for hydroxylation is 2. The number of amides is 2. The number of thiazole rings is 1. The van der Waals surface area contributed by atoms with E-state index in [1.54, 1.807) is 11.8 Å². The lowest BCUT2D eigenvalue weighted by atomic mass is 10.2. The van der Waals surface area contributed by atoms with E-state index < -0.39 is 0 Å². The van der Waals surface area contributed by atoms with E-state index in [4.69, 9.17) is 4.42 Å². The van der Waals surface area contributed by atoms with Gasteiger partial charge in [0.1, 0.15) is 10.6 Å². The molecule has 0 saturated heterocycles. The summed E-state index contributed by atoms with van der Waals surface area (Å²) in [6.07, 6.45) is 0. The average molecular weight is 398 g/mol. The van der Waals surface area contributed by atoms with Gasteiger partial charge in [-0.2, -0.15) is 0 Å². The minimum absolute atomic E-state index is 0.0496. The number of rotatable bonds is 7. The molecule has 0 aliphatic heterocycles. The maximum Gasteiger partial charge on any atom is 0.263 e. The second-order valence-corrected chi connectivity index (χ2v) is 7.42. The molecule has 0 atom stereocenters. The van der Waals surface area contributed by atoms with E-state index in [1.165, 1.54) is 11.3 Å². The third kappa shape index (κ3) is 4.67. The summed E-state index contributed by atoms with van der Waals surface area (Å²) in [7, 11) is 0. The van der Waals surface area contributed by atoms with Crippen molar-refractivity contribution in [3.8, 4) is 10.8 Å². The number of carbonyl (C=O) groups excluding carboxylic acids is 2. The van der Waals surface area contributed by atoms with Crippen molar-refractivity contribution in [2.45, 2.75) is 27.3 Å². The Labute approximate surface area is 168 Å². The number of furan rings is 1. The highest BCUT2D eigenvalue weighted by Gasteiger charge is 2.19. The second-order valence-electron chi connectivity index (χ2n) is 6.42. The zero-order chi connectivity index (χ0) is 20.1. The Morgan fingerprint density at radius 3 is 2.54 bits per heavy atom. The summed E-state index contributed by atoms with van der Waals surface area (Å²) in [5, 5.41) is 3.37. The molecule has 3 rings (SSSR count). The van der Waals surface area contributed by atoms with Crippen molar-refractivity contribution in [2.75, 3.05) is 13.1 Å². The van der Waals surface area contributed by atoms with Crippen LogP contribution < -0.4 is 5.32 Å². The van der Waals surface area contributed by atoms with Gasteiger partial charge in [-0.25, -0.2) is 4.98 Å². The van der Waals surface area contributed by atoms with Crippen molar-refractivity contribution in [3.05, 3.63) is 64.4 Å². The van der Waals surface area contributed by atoms with Crippen LogP contribution in [-0.4, -0.2) is 34.8 Å². The molecule has 2 heterocycles. The lowest BCUT2D eigenvalue weighted by Crippen LogP contribution is -2.39. The van der Waals surface area contributed by atoms with Crippen LogP contribution in [0.15, 0.2) is 46.9 Å². The van der Waals surface area contributed by atoms with Gasteiger partial charge in [-0.1, -0.05) is 30.3 Å². The van der Waals surface area contributed by atoms with E-state index in [1.807, 2.05) is 56.3 Å². The SMILES string of the molecule is CCN(Cc1ccccc1)C(=O)CNC(=O)c1sc(-c2ccc(C)o2)nc1C. The number of nitrogens with one attached hydrogen (secondary N) is 1. The lowest BCUT2D eigenvalue weighted by molar-refractivity contribution is -0.130. The summed E-state index contributed by atoms with van der Waals surface area (Å²) < 4.78 is 5.57. The van der Waals surface area contributed by atoms with Gasteiger partial charge in [0, 0.05) is 13.1 Å². The van der Waals surface area contributed by atoms with E-state index in [0.717, 1.165) is 11.3 Å². The topological polar surface area (TPSA) is 75.4 Å². The molecular weight excluding hydrogens is 374 g/mol. The Kier molecular flexibility index (Phi) is 6.26. The minimum atomic E-state index is -0.298. The summed E-state index contributed by atoms with van der Waals surface area (Å²) >= 11 is 1.26. The molecule has 2 amide bonds. The van der Waals surface area contributed by atoms with Crippen LogP contribution in [0, 0.1) is 13.8 Å². The van der Waals surface area contributed by atoms with Gasteiger partial charge in [0.25, 0.3) is 5.91 Å². The van der Waals surface area contributed by atoms with Crippen LogP contribution in [-0.2, 0) is 11.3 Å². The quantitative estimate of drug-likeness (QED) is 0.658. The number of benzene rings is 1. The molecule has 0 saturated carbocycles. The van der Waals surface area contributed by atoms with Gasteiger partial charge in [-0.15, -0.1) is 11.3 Å². The highest BCUT2D eigenvalue weighted by molar-refractivity contribution is 7.17. The Morgan fingerprint density at radius 1 is 1.14 bits per heavy atom. The highest BCUT2D eigenvalue weighted by atomic mass is 32.1. The van der Waals surface area contributed by atoms with Gasteiger partial charge in [0.15, 0.2) is 10.8 Å². The number of hydrogen-bond acceptors (Lipinski definition) is 5. The van der Waals surface area contributed by atoms with Crippen LogP contribution in [0.2, 0.25) is 0 Å². The van der Waals surface area contributed by atoms with Gasteiger partial charge >= 0.3 is 0 Å². The van der Waals surface area contributed by atoms with Crippen LogP contribution in [0.4, 0.5) is 0 Å². The second kappa shape index (κ2) is 8.84. The molecule has 0 radical (unpaired) electrons. The molecule has 7 heteroatoms. The predicted octanol–water partition coefficient (Wildman–Crippen LogP) is 3.80. The first-order valence-corrected chi connectivity index (χ1v) is 9.93. The van der Waals surface area contributed by atoms with Gasteiger partial charge in [0.2, 0.25) is 5.91 Å². The number of aromatic nitrogens is 1. The predicted molar refractivity (Wildman–Crippen MR) is 109 cm³/mol. The molecule has 0 aliphatic rings. The fourth-order valence-corrected chi connectivity index (χ4v) is 3.73. The number of carbonyl (C=O) groups is 2. The van der Waals surface area contributed by atoms with Crippen molar-refractivity contribution in [1.82, 2.24) is 15.2 Å². The zero-order valence-corrected chi connectivity index (χ0v) is 17.0. The van der Waals surface area contributed by atoms with Crippen molar-refractivity contribution < 1.29 is 14.0 Å². The van der Waals surface area contributed by atoms with Crippen LogP contribution in [0.25, 0.3) is 10.8 Å². The first-order valence-electron chi connectivity index (χ1n) is 9.12. The van der Waals surface area contributed by atoms with Gasteiger partial charge in [-0.3, -0.25) is 9.59 Å². The maximum absolute atomic E-state index is 12.5. The molecule has 0 spiro atoms. The summed E-state index contributed by atoms with van der Waals surface area (Å²) in [5.41, 5.74) is 1.68. The first kappa shape index (κ1) is 19.8. The molecule has 0 bridgehead atoms. The maximum atomic E-state index is 12.5. The molecule has 1 aromatic carbocycles. The number of hydrogen-bond donors (Lipinski definition) is 1. The molecular formula is C21H23N3O3S. The summed E-state index contributed by atoms with van der Waals surface area (Å²) in [5.74, 6) is 1.01. The molecule has 3 aromatic rings. The van der Waals surface area contributed by atoms with E-state index in [0.29, 0.717) is 34.4 Å². The average Bonchev–Trinajstić information content (AvgIpc) is 3.30. The van der Waals surface area contributed by atoms with E-state index >= 15 is 0 Å². The fourth-order valence-electron chi connectivity index (χ4n) is 2.79. The molecule has 146 valence electrons. The highest BCUT2D eigenvalue weighted by Crippen LogP contribution is 2.29. The summed E-state index contributed by atoms with van der Waals surface area (Å²) in [4.78, 5) is 31.7. The first-order chi connectivity index (χ1) is 13.5. The monoisotopic (exact) mass is 397 g/mol. The van der Waals surface area contributed by atoms with E-state index in [9.17, 15) is 9.59 Å². The van der Waals surface area contributed by atoms with Crippen molar-refractivity contribution >= 4 is 23.2 Å². The summed E-state index contributed by atoms with van der Waals surface area (Å²) in [6.45, 7) is 6.61. The van der Waals surface area contributed by atoms with E-state index in [-0.39, 0.29) is 18.4 Å². The third-order valence-corrected chi connectivity index (χ3v) is 5.48. The minimum Gasteiger partial charge on any atom is -0.459 e. The lowest BCUT2D eigenvalue weighted by Gasteiger charge is -2.21. The molecule has 6 nitrogen and oxygen atoms in total. The van der Waals surface area contributed by atoms with Crippen molar-refractivity contribution in [3.63, 3.8) is 0 Å². The smallest absolute Gasteiger partial charge is 0.263 e. The molecule has 0 aliphatic carbocycles. The molecule has 1 N–H and O–H groups in total. The number of nitrogens with zero attached hydrogens (tertiary/aromatic N) is 2. The Morgan fingerprint density at radius 2 is 1.89 bits per heavy atom. The van der Waals surface area contributed by atoms with Gasteiger partial charge in [0.05, 0.1) is 12.2 Å². The van der Waals surface area contributed by atoms with E-state index in [2.05, 4.69) is 10.3 Å². The number of likely N-dealkylation sites (N-methyl/N-ethyl adjacent to an activating group) is 1. The van der Waals surface area contributed by atoms with Crippen LogP contribution in [0.3, 0.4) is 0 Å². The zero-order valence-electron chi connectivity index (χ0n) is 16.2. The molecule has 0 unspecified atom stereocenters. The van der Waals surface area contributed by atoms with Crippen LogP contribution in [0.5, 0.6) is 0 Å². The van der Waals surface area contributed by atoms with Crippen LogP contribution in [0.1, 0.15) is 33.6 Å². The molecule has 2 aromatic heterocycles. The third-order valence-electron chi connectivity index (χ3n) is 4.30. The Balaban J connectivity index is 1.61. The van der Waals surface area contributed by atoms with Gasteiger partial charge in [-0.05, 0) is 38.5 Å². The Hall–Kier alpha value is -2.93. The van der Waals surface area contributed by atoms with Crippen LogP contribution >= 0.6 is 11.3 Å².